The SMILES string of the molecule is c1ccc(-c2cc3c(-c4cc5ccccc5[nH]4)n[nH]c3cn2)nc1. The largest absolute Gasteiger partial charge is 0.353 e. The molecule has 1 aromatic carbocycles. The molecule has 5 nitrogen and oxygen atoms in total. The van der Waals surface area contributed by atoms with Crippen molar-refractivity contribution in [3.05, 3.63) is 67.0 Å². The van der Waals surface area contributed by atoms with Crippen molar-refractivity contribution in [2.24, 2.45) is 0 Å². The summed E-state index contributed by atoms with van der Waals surface area (Å²) in [6.07, 6.45) is 3.58. The molecular weight excluding hydrogens is 298 g/mol. The zero-order valence-electron chi connectivity index (χ0n) is 12.7. The van der Waals surface area contributed by atoms with Gasteiger partial charge in [-0.3, -0.25) is 15.1 Å². The van der Waals surface area contributed by atoms with Crippen LogP contribution in [0.3, 0.4) is 0 Å². The van der Waals surface area contributed by atoms with Crippen LogP contribution in [0.5, 0.6) is 0 Å². The molecule has 0 aliphatic carbocycles. The lowest BCUT2D eigenvalue weighted by molar-refractivity contribution is 1.11. The van der Waals surface area contributed by atoms with Crippen LogP contribution in [-0.2, 0) is 0 Å². The van der Waals surface area contributed by atoms with E-state index in [0.717, 1.165) is 39.2 Å². The molecule has 0 fully saturated rings. The summed E-state index contributed by atoms with van der Waals surface area (Å²) in [5, 5.41) is 9.73. The lowest BCUT2D eigenvalue weighted by atomic mass is 10.1. The van der Waals surface area contributed by atoms with E-state index in [1.54, 1.807) is 12.4 Å². The molecule has 0 spiro atoms. The second kappa shape index (κ2) is 5.03. The van der Waals surface area contributed by atoms with Crippen molar-refractivity contribution in [2.45, 2.75) is 0 Å². The van der Waals surface area contributed by atoms with Crippen molar-refractivity contribution in [1.82, 2.24) is 25.1 Å². The molecule has 5 aromatic rings. The summed E-state index contributed by atoms with van der Waals surface area (Å²) in [7, 11) is 0. The lowest BCUT2D eigenvalue weighted by Gasteiger charge is -2.00. The lowest BCUT2D eigenvalue weighted by Crippen LogP contribution is -1.86. The number of nitrogens with one attached hydrogen (secondary N) is 2. The first-order valence-corrected chi connectivity index (χ1v) is 7.72. The average Bonchev–Trinajstić information content (AvgIpc) is 3.25. The van der Waals surface area contributed by atoms with Crippen LogP contribution in [0.2, 0.25) is 0 Å². The van der Waals surface area contributed by atoms with Crippen molar-refractivity contribution in [1.29, 1.82) is 0 Å². The van der Waals surface area contributed by atoms with Gasteiger partial charge in [-0.15, -0.1) is 0 Å². The Hall–Kier alpha value is -3.47. The molecule has 24 heavy (non-hydrogen) atoms. The number of hydrogen-bond donors (Lipinski definition) is 2. The van der Waals surface area contributed by atoms with Gasteiger partial charge >= 0.3 is 0 Å². The van der Waals surface area contributed by atoms with Crippen LogP contribution in [0.4, 0.5) is 0 Å². The van der Waals surface area contributed by atoms with Crippen molar-refractivity contribution in [2.75, 3.05) is 0 Å². The van der Waals surface area contributed by atoms with Gasteiger partial charge in [0.2, 0.25) is 0 Å². The van der Waals surface area contributed by atoms with E-state index in [9.17, 15) is 0 Å². The van der Waals surface area contributed by atoms with Crippen LogP contribution >= 0.6 is 0 Å². The normalized spacial score (nSPS) is 11.3. The topological polar surface area (TPSA) is 70.2 Å². The Morgan fingerprint density at radius 1 is 0.792 bits per heavy atom. The second-order valence-corrected chi connectivity index (χ2v) is 5.67. The molecule has 0 aliphatic heterocycles. The highest BCUT2D eigenvalue weighted by Crippen LogP contribution is 2.30. The minimum Gasteiger partial charge on any atom is -0.353 e. The number of fused-ring (bicyclic) bond motifs is 2. The summed E-state index contributed by atoms with van der Waals surface area (Å²) >= 11 is 0. The van der Waals surface area contributed by atoms with Crippen LogP contribution in [0.25, 0.3) is 44.6 Å². The number of nitrogens with zero attached hydrogens (tertiary/aromatic N) is 3. The molecule has 2 N–H and O–H groups in total. The molecule has 0 amide bonds. The summed E-state index contributed by atoms with van der Waals surface area (Å²) < 4.78 is 0. The zero-order chi connectivity index (χ0) is 15.9. The highest BCUT2D eigenvalue weighted by atomic mass is 15.1. The van der Waals surface area contributed by atoms with E-state index >= 15 is 0 Å². The molecule has 0 bridgehead atoms. The summed E-state index contributed by atoms with van der Waals surface area (Å²) in [5.74, 6) is 0. The van der Waals surface area contributed by atoms with E-state index in [0.29, 0.717) is 0 Å². The fraction of sp³-hybridized carbons (Fsp3) is 0. The first kappa shape index (κ1) is 13.0. The molecule has 0 atom stereocenters. The maximum atomic E-state index is 4.48. The number of aromatic amines is 2. The third-order valence-electron chi connectivity index (χ3n) is 4.16. The molecule has 0 unspecified atom stereocenters. The van der Waals surface area contributed by atoms with Crippen molar-refractivity contribution >= 4 is 21.8 Å². The van der Waals surface area contributed by atoms with Crippen molar-refractivity contribution in [3.63, 3.8) is 0 Å². The van der Waals surface area contributed by atoms with E-state index in [1.165, 1.54) is 5.39 Å². The Morgan fingerprint density at radius 3 is 2.58 bits per heavy atom. The molecule has 0 radical (unpaired) electrons. The molecule has 0 saturated carbocycles. The predicted molar refractivity (Wildman–Crippen MR) is 94.4 cm³/mol. The van der Waals surface area contributed by atoms with Crippen LogP contribution in [0.15, 0.2) is 67.0 Å². The van der Waals surface area contributed by atoms with Crippen LogP contribution in [-0.4, -0.2) is 25.1 Å². The summed E-state index contributed by atoms with van der Waals surface area (Å²) in [6.45, 7) is 0. The number of rotatable bonds is 2. The third kappa shape index (κ3) is 1.99. The molecule has 0 aliphatic rings. The quantitative estimate of drug-likeness (QED) is 0.514. The van der Waals surface area contributed by atoms with Crippen molar-refractivity contribution in [3.8, 4) is 22.8 Å². The molecule has 4 heterocycles. The number of pyridine rings is 2. The minimum atomic E-state index is 0.835. The van der Waals surface area contributed by atoms with Crippen LogP contribution in [0.1, 0.15) is 0 Å². The van der Waals surface area contributed by atoms with Gasteiger partial charge in [0.05, 0.1) is 28.8 Å². The molecule has 0 saturated heterocycles. The first-order chi connectivity index (χ1) is 11.9. The molecule has 5 heteroatoms. The van der Waals surface area contributed by atoms with Crippen molar-refractivity contribution < 1.29 is 0 Å². The Bertz CT molecular complexity index is 1120. The highest BCUT2D eigenvalue weighted by Gasteiger charge is 2.12. The number of aromatic nitrogens is 5. The average molecular weight is 311 g/mol. The standard InChI is InChI=1S/C19H13N5/c1-2-6-14-12(5-1)9-17(22-14)19-13-10-16(15-7-3-4-8-20-15)21-11-18(13)23-24-19/h1-11,22H,(H,23,24). The Morgan fingerprint density at radius 2 is 1.71 bits per heavy atom. The van der Waals surface area contributed by atoms with Crippen LogP contribution in [0, 0.1) is 0 Å². The Labute approximate surface area is 137 Å². The second-order valence-electron chi connectivity index (χ2n) is 5.67. The van der Waals surface area contributed by atoms with Gasteiger partial charge in [-0.25, -0.2) is 0 Å². The van der Waals surface area contributed by atoms with E-state index < -0.39 is 0 Å². The van der Waals surface area contributed by atoms with Gasteiger partial charge in [-0.05, 0) is 30.3 Å². The van der Waals surface area contributed by atoms with Gasteiger partial charge in [0.1, 0.15) is 5.69 Å². The molecular formula is C19H13N5. The van der Waals surface area contributed by atoms with Gasteiger partial charge in [-0.2, -0.15) is 5.10 Å². The number of benzene rings is 1. The van der Waals surface area contributed by atoms with Gasteiger partial charge in [0, 0.05) is 22.5 Å². The van der Waals surface area contributed by atoms with Crippen LogP contribution < -0.4 is 0 Å². The fourth-order valence-electron chi connectivity index (χ4n) is 2.98. The maximum absolute atomic E-state index is 4.48. The first-order valence-electron chi connectivity index (χ1n) is 7.72. The Balaban J connectivity index is 1.71. The van der Waals surface area contributed by atoms with E-state index in [-0.39, 0.29) is 0 Å². The van der Waals surface area contributed by atoms with Gasteiger partial charge < -0.3 is 4.98 Å². The van der Waals surface area contributed by atoms with E-state index in [1.807, 2.05) is 36.4 Å². The minimum absolute atomic E-state index is 0.835. The maximum Gasteiger partial charge on any atom is 0.116 e. The smallest absolute Gasteiger partial charge is 0.116 e. The highest BCUT2D eigenvalue weighted by molar-refractivity contribution is 5.96. The zero-order valence-corrected chi connectivity index (χ0v) is 12.7. The van der Waals surface area contributed by atoms with Gasteiger partial charge in [-0.1, -0.05) is 24.3 Å². The Kier molecular flexibility index (Phi) is 2.72. The summed E-state index contributed by atoms with van der Waals surface area (Å²) in [5.41, 5.74) is 5.57. The number of hydrogen-bond acceptors (Lipinski definition) is 3. The summed E-state index contributed by atoms with van der Waals surface area (Å²) in [4.78, 5) is 12.3. The van der Waals surface area contributed by atoms with E-state index in [4.69, 9.17) is 0 Å². The molecule has 114 valence electrons. The number of H-pyrrole nitrogens is 2. The summed E-state index contributed by atoms with van der Waals surface area (Å²) in [6, 6.07) is 18.2. The fourth-order valence-corrected chi connectivity index (χ4v) is 2.98. The third-order valence-corrected chi connectivity index (χ3v) is 4.16. The van der Waals surface area contributed by atoms with Gasteiger partial charge in [0.25, 0.3) is 0 Å². The van der Waals surface area contributed by atoms with Gasteiger partial charge in [0.15, 0.2) is 0 Å². The number of para-hydroxylation sites is 1. The molecule has 5 rings (SSSR count). The molecule has 4 aromatic heterocycles. The predicted octanol–water partition coefficient (Wildman–Crippen LogP) is 4.17. The monoisotopic (exact) mass is 311 g/mol. The van der Waals surface area contributed by atoms with E-state index in [2.05, 4.69) is 43.3 Å².